The summed E-state index contributed by atoms with van der Waals surface area (Å²) in [7, 11) is 1.66. The maximum atomic E-state index is 13.6. The molecule has 0 N–H and O–H groups in total. The molecule has 0 aliphatic carbocycles. The number of Topliss-reactive ketones (excluding diaryl/α,β-unsaturated/α-hetero) is 1. The molecule has 2 saturated heterocycles. The second kappa shape index (κ2) is 9.54. The molecule has 0 radical (unpaired) electrons. The van der Waals surface area contributed by atoms with Crippen molar-refractivity contribution in [2.75, 3.05) is 59.7 Å². The van der Waals surface area contributed by atoms with Crippen LogP contribution in [0.4, 0.5) is 0 Å². The normalized spacial score (nSPS) is 20.9. The summed E-state index contributed by atoms with van der Waals surface area (Å²) in [6, 6.07) is 11.1. The summed E-state index contributed by atoms with van der Waals surface area (Å²) in [5.41, 5.74) is 1.09. The van der Waals surface area contributed by atoms with Gasteiger partial charge in [0.1, 0.15) is 5.75 Å². The van der Waals surface area contributed by atoms with E-state index in [-0.39, 0.29) is 17.9 Å². The molecule has 7 nitrogen and oxygen atoms in total. The fraction of sp³-hybridized carbons (Fsp3) is 0.500. The van der Waals surface area contributed by atoms with Gasteiger partial charge in [-0.05, 0) is 29.8 Å². The summed E-state index contributed by atoms with van der Waals surface area (Å²) in [5, 5.41) is 0. The van der Waals surface area contributed by atoms with Gasteiger partial charge in [-0.3, -0.25) is 14.6 Å². The molecule has 0 amide bonds. The van der Waals surface area contributed by atoms with Crippen LogP contribution in [0.2, 0.25) is 0 Å². The number of morpholine rings is 2. The molecule has 2 atom stereocenters. The minimum absolute atomic E-state index is 0.00390. The average molecular weight is 400 g/mol. The highest BCUT2D eigenvalue weighted by molar-refractivity contribution is 5.98. The first-order chi connectivity index (χ1) is 14.3. The van der Waals surface area contributed by atoms with E-state index in [9.17, 15) is 4.79 Å². The van der Waals surface area contributed by atoms with Crippen molar-refractivity contribution >= 4 is 5.78 Å². The average Bonchev–Trinajstić information content (AvgIpc) is 3.33. The maximum Gasteiger partial charge on any atom is 0.216 e. The number of methoxy groups -OCH3 is 1. The number of hydrogen-bond acceptors (Lipinski definition) is 7. The molecule has 2 aliphatic rings. The highest BCUT2D eigenvalue weighted by Crippen LogP contribution is 2.32. The Kier molecular flexibility index (Phi) is 6.61. The van der Waals surface area contributed by atoms with Gasteiger partial charge in [0.25, 0.3) is 0 Å². The highest BCUT2D eigenvalue weighted by atomic mass is 16.5. The molecule has 1 aromatic carbocycles. The van der Waals surface area contributed by atoms with Crippen molar-refractivity contribution in [2.24, 2.45) is 0 Å². The van der Waals surface area contributed by atoms with Crippen molar-refractivity contribution in [1.29, 1.82) is 0 Å². The van der Waals surface area contributed by atoms with E-state index in [0.29, 0.717) is 45.3 Å². The van der Waals surface area contributed by atoms with Crippen molar-refractivity contribution in [3.05, 3.63) is 54.0 Å². The first-order valence-corrected chi connectivity index (χ1v) is 10.1. The number of carbonyl (C=O) groups excluding carboxylic acids is 1. The Balaban J connectivity index is 1.74. The number of benzene rings is 1. The van der Waals surface area contributed by atoms with Crippen LogP contribution in [-0.4, -0.2) is 81.3 Å². The number of ether oxygens (including phenoxy) is 3. The maximum absolute atomic E-state index is 13.6. The molecule has 156 valence electrons. The van der Waals surface area contributed by atoms with E-state index in [0.717, 1.165) is 24.4 Å². The highest BCUT2D eigenvalue weighted by Gasteiger charge is 2.40. The van der Waals surface area contributed by atoms with Gasteiger partial charge in [0.15, 0.2) is 5.76 Å². The number of hydrogen-bond donors (Lipinski definition) is 0. The zero-order valence-electron chi connectivity index (χ0n) is 16.8. The van der Waals surface area contributed by atoms with E-state index in [4.69, 9.17) is 18.6 Å². The van der Waals surface area contributed by atoms with Crippen LogP contribution in [0.3, 0.4) is 0 Å². The van der Waals surface area contributed by atoms with E-state index >= 15 is 0 Å². The van der Waals surface area contributed by atoms with Gasteiger partial charge in [-0.2, -0.15) is 0 Å². The lowest BCUT2D eigenvalue weighted by Gasteiger charge is -2.44. The third-order valence-corrected chi connectivity index (χ3v) is 5.67. The zero-order chi connectivity index (χ0) is 20.1. The lowest BCUT2D eigenvalue weighted by atomic mass is 9.91. The minimum Gasteiger partial charge on any atom is -0.497 e. The van der Waals surface area contributed by atoms with Crippen molar-refractivity contribution in [2.45, 2.75) is 12.1 Å². The Bertz CT molecular complexity index is 765. The van der Waals surface area contributed by atoms with Crippen LogP contribution in [0.1, 0.15) is 22.2 Å². The molecule has 2 aliphatic heterocycles. The molecule has 1 aromatic heterocycles. The van der Waals surface area contributed by atoms with Crippen LogP contribution < -0.4 is 4.74 Å². The lowest BCUT2D eigenvalue weighted by Crippen LogP contribution is -2.55. The first-order valence-electron chi connectivity index (χ1n) is 10.1. The van der Waals surface area contributed by atoms with Crippen LogP contribution in [0.25, 0.3) is 0 Å². The first kappa shape index (κ1) is 20.1. The summed E-state index contributed by atoms with van der Waals surface area (Å²) >= 11 is 0. The van der Waals surface area contributed by atoms with Gasteiger partial charge in [-0.15, -0.1) is 0 Å². The van der Waals surface area contributed by atoms with Gasteiger partial charge < -0.3 is 18.6 Å². The second-order valence-corrected chi connectivity index (χ2v) is 7.30. The van der Waals surface area contributed by atoms with E-state index in [1.54, 1.807) is 25.5 Å². The Morgan fingerprint density at radius 1 is 0.931 bits per heavy atom. The monoisotopic (exact) mass is 400 g/mol. The Morgan fingerprint density at radius 3 is 2.10 bits per heavy atom. The fourth-order valence-electron chi connectivity index (χ4n) is 4.18. The summed E-state index contributed by atoms with van der Waals surface area (Å²) in [6.07, 6.45) is 1.56. The molecule has 0 spiro atoms. The Morgan fingerprint density at radius 2 is 1.55 bits per heavy atom. The topological polar surface area (TPSA) is 64.4 Å². The van der Waals surface area contributed by atoms with Crippen LogP contribution in [0.5, 0.6) is 5.75 Å². The smallest absolute Gasteiger partial charge is 0.216 e. The Labute approximate surface area is 171 Å². The van der Waals surface area contributed by atoms with Gasteiger partial charge in [0.05, 0.1) is 51.9 Å². The molecular formula is C22H28N2O5. The quantitative estimate of drug-likeness (QED) is 0.661. The third kappa shape index (κ3) is 4.53. The predicted octanol–water partition coefficient (Wildman–Crippen LogP) is 2.25. The number of furan rings is 1. The van der Waals surface area contributed by atoms with E-state index in [1.165, 1.54) is 0 Å². The molecule has 0 unspecified atom stereocenters. The summed E-state index contributed by atoms with van der Waals surface area (Å²) in [6.45, 7) is 5.57. The van der Waals surface area contributed by atoms with Crippen LogP contribution in [0, 0.1) is 0 Å². The molecule has 3 heterocycles. The zero-order valence-corrected chi connectivity index (χ0v) is 16.8. The van der Waals surface area contributed by atoms with E-state index in [1.807, 2.05) is 12.1 Å². The number of rotatable bonds is 7. The number of nitrogens with zero attached hydrogens (tertiary/aromatic N) is 2. The van der Waals surface area contributed by atoms with E-state index in [2.05, 4.69) is 21.9 Å². The molecule has 29 heavy (non-hydrogen) atoms. The molecule has 4 rings (SSSR count). The van der Waals surface area contributed by atoms with Gasteiger partial charge in [-0.1, -0.05) is 12.1 Å². The van der Waals surface area contributed by atoms with Gasteiger partial charge in [0.2, 0.25) is 5.78 Å². The summed E-state index contributed by atoms with van der Waals surface area (Å²) in [4.78, 5) is 18.2. The van der Waals surface area contributed by atoms with Crippen molar-refractivity contribution in [3.63, 3.8) is 0 Å². The molecule has 2 fully saturated rings. The fourth-order valence-corrected chi connectivity index (χ4v) is 4.18. The minimum atomic E-state index is -0.364. The lowest BCUT2D eigenvalue weighted by molar-refractivity contribution is -0.0307. The summed E-state index contributed by atoms with van der Waals surface area (Å²) < 4.78 is 22.0. The molecule has 7 heteroatoms. The number of carbonyl (C=O) groups is 1. The van der Waals surface area contributed by atoms with Crippen molar-refractivity contribution in [3.8, 4) is 5.75 Å². The van der Waals surface area contributed by atoms with E-state index < -0.39 is 0 Å². The largest absolute Gasteiger partial charge is 0.497 e. The van der Waals surface area contributed by atoms with Gasteiger partial charge >= 0.3 is 0 Å². The molecule has 2 aromatic rings. The SMILES string of the molecule is COc1ccc([C@@H]([C@@H](C(=O)c2ccco2)N2CCOCC2)N2CCOCC2)cc1. The van der Waals surface area contributed by atoms with Gasteiger partial charge in [-0.25, -0.2) is 0 Å². The van der Waals surface area contributed by atoms with Crippen LogP contribution >= 0.6 is 0 Å². The second-order valence-electron chi connectivity index (χ2n) is 7.30. The molecule has 0 saturated carbocycles. The standard InChI is InChI=1S/C22H28N2O5/c1-26-18-6-4-17(5-7-18)20(23-8-13-27-14-9-23)21(24-10-15-28-16-11-24)22(25)19-3-2-12-29-19/h2-7,12,20-21H,8-11,13-16H2,1H3/t20-,21-/m0/s1. The van der Waals surface area contributed by atoms with Crippen LogP contribution in [-0.2, 0) is 9.47 Å². The van der Waals surface area contributed by atoms with Crippen LogP contribution in [0.15, 0.2) is 47.1 Å². The Hall–Kier alpha value is -2.19. The predicted molar refractivity (Wildman–Crippen MR) is 107 cm³/mol. The molecular weight excluding hydrogens is 372 g/mol. The molecule has 0 bridgehead atoms. The van der Waals surface area contributed by atoms with Crippen molar-refractivity contribution < 1.29 is 23.4 Å². The van der Waals surface area contributed by atoms with Gasteiger partial charge in [0, 0.05) is 26.2 Å². The van der Waals surface area contributed by atoms with Crippen molar-refractivity contribution in [1.82, 2.24) is 9.80 Å². The summed E-state index contributed by atoms with van der Waals surface area (Å²) in [5.74, 6) is 1.20. The third-order valence-electron chi connectivity index (χ3n) is 5.67. The number of ketones is 1.